The van der Waals surface area contributed by atoms with Gasteiger partial charge in [0.15, 0.2) is 0 Å². The Hall–Kier alpha value is -0.360. The highest BCUT2D eigenvalue weighted by atomic mass is 127. The lowest BCUT2D eigenvalue weighted by Gasteiger charge is -2.16. The lowest BCUT2D eigenvalue weighted by molar-refractivity contribution is -0.275. The van der Waals surface area contributed by atoms with Gasteiger partial charge in [-0.1, -0.05) is 12.1 Å². The summed E-state index contributed by atoms with van der Waals surface area (Å²) in [5.74, 6) is -2.03. The number of para-hydroxylation sites is 1. The molecule has 12 heteroatoms. The molecule has 0 aliphatic rings. The van der Waals surface area contributed by atoms with E-state index in [1.165, 1.54) is 18.2 Å². The summed E-state index contributed by atoms with van der Waals surface area (Å²) >= 11 is 5.80. The van der Waals surface area contributed by atoms with Crippen LogP contribution in [0.2, 0.25) is 0 Å². The Balaban J connectivity index is 2.54. The minimum atomic E-state index is -5.09. The molecule has 140 valence electrons. The average Bonchev–Trinajstić information content (AvgIpc) is 2.49. The highest BCUT2D eigenvalue weighted by Crippen LogP contribution is 2.31. The zero-order chi connectivity index (χ0) is 19.7. The summed E-state index contributed by atoms with van der Waals surface area (Å²) < 4.78 is 70.9. The zero-order valence-electron chi connectivity index (χ0n) is 12.2. The molecule has 0 unspecified atom stereocenters. The number of hydrogen-bond donors (Lipinski definition) is 0. The minimum Gasteiger partial charge on any atom is -0.858 e. The van der Waals surface area contributed by atoms with E-state index in [4.69, 9.17) is 0 Å². The van der Waals surface area contributed by atoms with Crippen LogP contribution in [0.5, 0.6) is 5.75 Å². The Morgan fingerprint density at radius 2 is 1.73 bits per heavy atom. The average molecular weight is 722 g/mol. The van der Waals surface area contributed by atoms with Crippen LogP contribution in [0.15, 0.2) is 45.7 Å². The Labute approximate surface area is 187 Å². The lowest BCUT2D eigenvalue weighted by atomic mass is 10.2. The first kappa shape index (κ1) is 21.9. The Morgan fingerprint density at radius 1 is 1.12 bits per heavy atom. The molecule has 0 atom stereocenters. The Morgan fingerprint density at radius 3 is 2.35 bits per heavy atom. The summed E-state index contributed by atoms with van der Waals surface area (Å²) in [6.07, 6.45) is -5.09. The number of nitrogens with zero attached hydrogens (tertiary/aromatic N) is 1. The van der Waals surface area contributed by atoms with Crippen LogP contribution < -0.4 is 9.84 Å². The quantitative estimate of drug-likeness (QED) is 0.208. The van der Waals surface area contributed by atoms with Gasteiger partial charge in [0, 0.05) is 22.2 Å². The smallest absolute Gasteiger partial charge is 0.573 e. The fourth-order valence-corrected chi connectivity index (χ4v) is 5.21. The Kier molecular flexibility index (Phi) is 7.03. The van der Waals surface area contributed by atoms with Crippen LogP contribution in [-0.4, -0.2) is 20.7 Å². The highest BCUT2D eigenvalue weighted by molar-refractivity contribution is 14.1. The van der Waals surface area contributed by atoms with Crippen LogP contribution in [0.3, 0.4) is 0 Å². The fraction of sp³-hybridized carbons (Fsp3) is 0.0714. The molecule has 0 radical (unpaired) electrons. The van der Waals surface area contributed by atoms with Gasteiger partial charge in [-0.25, -0.2) is 0 Å². The summed E-state index contributed by atoms with van der Waals surface area (Å²) in [6.45, 7) is 0. The third-order valence-corrected chi connectivity index (χ3v) is 7.75. The second-order valence-corrected chi connectivity index (χ2v) is 9.67. The molecule has 0 spiro atoms. The predicted molar refractivity (Wildman–Crippen MR) is 111 cm³/mol. The molecule has 0 aliphatic heterocycles. The van der Waals surface area contributed by atoms with Crippen LogP contribution in [0.25, 0.3) is 0 Å². The molecule has 0 saturated heterocycles. The predicted octanol–water partition coefficient (Wildman–Crippen LogP) is 3.89. The molecule has 0 saturated carbocycles. The third-order valence-electron chi connectivity index (χ3n) is 2.78. The second-order valence-electron chi connectivity index (χ2n) is 4.62. The van der Waals surface area contributed by atoms with E-state index in [2.05, 4.69) is 9.13 Å². The van der Waals surface area contributed by atoms with Crippen LogP contribution in [0, 0.1) is 10.7 Å². The summed E-state index contributed by atoms with van der Waals surface area (Å²) in [4.78, 5) is -0.846. The first-order valence-corrected chi connectivity index (χ1v) is 11.1. The van der Waals surface area contributed by atoms with Crippen molar-refractivity contribution < 1.29 is 31.4 Å². The van der Waals surface area contributed by atoms with Gasteiger partial charge in [0.25, 0.3) is 10.0 Å². The lowest BCUT2D eigenvalue weighted by Crippen LogP contribution is -2.23. The zero-order valence-corrected chi connectivity index (χ0v) is 19.5. The van der Waals surface area contributed by atoms with Crippen molar-refractivity contribution in [3.05, 3.63) is 52.7 Å². The van der Waals surface area contributed by atoms with E-state index in [1.54, 1.807) is 6.07 Å². The molecule has 26 heavy (non-hydrogen) atoms. The SMILES string of the molecule is O=S(=O)(/N=C(\[O-])c1cc(I)cc(I)c1I)c1ccccc1OC(F)(F)F. The largest absolute Gasteiger partial charge is 0.858 e. The molecule has 0 fully saturated rings. The van der Waals surface area contributed by atoms with Gasteiger partial charge >= 0.3 is 6.36 Å². The third kappa shape index (κ3) is 5.57. The van der Waals surface area contributed by atoms with Crippen molar-refractivity contribution in [2.75, 3.05) is 0 Å². The number of rotatable bonds is 4. The van der Waals surface area contributed by atoms with Crippen molar-refractivity contribution in [2.45, 2.75) is 11.3 Å². The molecule has 2 aromatic carbocycles. The van der Waals surface area contributed by atoms with E-state index in [0.29, 0.717) is 10.7 Å². The number of sulfonamides is 1. The number of alkyl halides is 3. The van der Waals surface area contributed by atoms with Gasteiger partial charge < -0.3 is 9.84 Å². The van der Waals surface area contributed by atoms with Gasteiger partial charge in [0.1, 0.15) is 10.6 Å². The maximum Gasteiger partial charge on any atom is 0.573 e. The van der Waals surface area contributed by atoms with Crippen LogP contribution in [0.1, 0.15) is 5.56 Å². The summed E-state index contributed by atoms with van der Waals surface area (Å²) in [6, 6.07) is 7.32. The number of halogens is 6. The van der Waals surface area contributed by atoms with Crippen molar-refractivity contribution in [2.24, 2.45) is 4.40 Å². The molecular weight excluding hydrogens is 716 g/mol. The van der Waals surface area contributed by atoms with Crippen molar-refractivity contribution in [3.8, 4) is 5.75 Å². The molecule has 0 aromatic heterocycles. The molecule has 0 heterocycles. The fourth-order valence-electron chi connectivity index (χ4n) is 1.79. The topological polar surface area (TPSA) is 78.8 Å². The first-order valence-electron chi connectivity index (χ1n) is 6.42. The monoisotopic (exact) mass is 722 g/mol. The van der Waals surface area contributed by atoms with Crippen LogP contribution >= 0.6 is 67.8 Å². The van der Waals surface area contributed by atoms with Crippen LogP contribution in [-0.2, 0) is 10.0 Å². The van der Waals surface area contributed by atoms with Gasteiger partial charge in [-0.05, 0) is 92.0 Å². The molecule has 2 aromatic rings. The molecule has 0 N–H and O–H groups in total. The molecular formula is C14H6F3I3NO4S-. The van der Waals surface area contributed by atoms with Gasteiger partial charge in [0.05, 0.1) is 0 Å². The van der Waals surface area contributed by atoms with E-state index in [-0.39, 0.29) is 5.56 Å². The summed E-state index contributed by atoms with van der Waals surface area (Å²) in [7, 11) is -4.71. The van der Waals surface area contributed by atoms with Crippen molar-refractivity contribution in [1.29, 1.82) is 0 Å². The molecule has 0 amide bonds. The van der Waals surface area contributed by atoms with Gasteiger partial charge in [-0.3, -0.25) is 0 Å². The van der Waals surface area contributed by atoms with Crippen molar-refractivity contribution in [1.82, 2.24) is 0 Å². The Bertz CT molecular complexity index is 978. The highest BCUT2D eigenvalue weighted by Gasteiger charge is 2.33. The van der Waals surface area contributed by atoms with E-state index >= 15 is 0 Å². The van der Waals surface area contributed by atoms with Gasteiger partial charge in [0.2, 0.25) is 0 Å². The molecule has 2 rings (SSSR count). The maximum atomic E-state index is 12.5. The molecule has 0 bridgehead atoms. The van der Waals surface area contributed by atoms with E-state index < -0.39 is 32.9 Å². The number of ether oxygens (including phenoxy) is 1. The summed E-state index contributed by atoms with van der Waals surface area (Å²) in [5.41, 5.74) is 0.0414. The second kappa shape index (κ2) is 8.34. The minimum absolute atomic E-state index is 0.0414. The number of benzene rings is 2. The first-order chi connectivity index (χ1) is 11.9. The van der Waals surface area contributed by atoms with E-state index in [0.717, 1.165) is 12.1 Å². The van der Waals surface area contributed by atoms with Gasteiger partial charge in [-0.15, -0.1) is 13.2 Å². The normalized spacial score (nSPS) is 12.9. The van der Waals surface area contributed by atoms with E-state index in [9.17, 15) is 26.7 Å². The van der Waals surface area contributed by atoms with Crippen molar-refractivity contribution >= 4 is 83.7 Å². The molecule has 5 nitrogen and oxygen atoms in total. The van der Waals surface area contributed by atoms with Gasteiger partial charge in [-0.2, -0.15) is 12.8 Å². The van der Waals surface area contributed by atoms with Crippen LogP contribution in [0.4, 0.5) is 13.2 Å². The van der Waals surface area contributed by atoms with E-state index in [1.807, 2.05) is 67.8 Å². The standard InChI is InChI=1S/C14H7F3I3NO4S/c15-14(16,17)25-10-3-1-2-4-11(10)26(23,24)21-13(22)8-5-7(18)6-9(19)12(8)20/h1-6H,(H,21,22)/p-1. The maximum absolute atomic E-state index is 12.5. The summed E-state index contributed by atoms with van der Waals surface area (Å²) in [5, 5.41) is 12.3. The number of hydrogen-bond acceptors (Lipinski definition) is 4. The molecule has 0 aliphatic carbocycles. The van der Waals surface area contributed by atoms with Crippen molar-refractivity contribution in [3.63, 3.8) is 0 Å².